The van der Waals surface area contributed by atoms with E-state index in [0.29, 0.717) is 12.2 Å². The van der Waals surface area contributed by atoms with Crippen LogP contribution in [0.4, 0.5) is 0 Å². The Hall–Kier alpha value is -1.83. The molecule has 6 nitrogen and oxygen atoms in total. The first-order valence-corrected chi connectivity index (χ1v) is 7.60. The Morgan fingerprint density at radius 3 is 2.70 bits per heavy atom. The first-order valence-electron chi connectivity index (χ1n) is 6.11. The third-order valence-corrected chi connectivity index (χ3v) is 4.06. The summed E-state index contributed by atoms with van der Waals surface area (Å²) < 4.78 is 26.9. The summed E-state index contributed by atoms with van der Waals surface area (Å²) in [7, 11) is -1.73. The van der Waals surface area contributed by atoms with Crippen molar-refractivity contribution in [1.29, 1.82) is 0 Å². The van der Waals surface area contributed by atoms with Crippen molar-refractivity contribution in [2.24, 2.45) is 0 Å². The quantitative estimate of drug-likeness (QED) is 0.817. The first kappa shape index (κ1) is 14.6. The van der Waals surface area contributed by atoms with Gasteiger partial charge in [-0.25, -0.2) is 13.1 Å². The molecule has 7 heteroatoms. The summed E-state index contributed by atoms with van der Waals surface area (Å²) in [4.78, 5) is 0.245. The van der Waals surface area contributed by atoms with E-state index in [0.717, 1.165) is 5.56 Å². The molecule has 20 heavy (non-hydrogen) atoms. The highest BCUT2D eigenvalue weighted by molar-refractivity contribution is 7.89. The highest BCUT2D eigenvalue weighted by Crippen LogP contribution is 2.11. The minimum absolute atomic E-state index is 0.117. The van der Waals surface area contributed by atoms with Crippen LogP contribution in [0.1, 0.15) is 11.3 Å². The number of benzene rings is 1. The highest BCUT2D eigenvalue weighted by Gasteiger charge is 2.14. The van der Waals surface area contributed by atoms with E-state index in [1.807, 2.05) is 13.1 Å². The van der Waals surface area contributed by atoms with Crippen LogP contribution in [0.5, 0.6) is 0 Å². The predicted octanol–water partition coefficient (Wildman–Crippen LogP) is 0.674. The lowest BCUT2D eigenvalue weighted by atomic mass is 10.2. The number of sulfonamides is 1. The van der Waals surface area contributed by atoms with Gasteiger partial charge < -0.3 is 5.32 Å². The molecule has 106 valence electrons. The molecule has 1 aromatic heterocycles. The van der Waals surface area contributed by atoms with Gasteiger partial charge in [-0.3, -0.25) is 0 Å². The average Bonchev–Trinajstić information content (AvgIpc) is 2.47. The van der Waals surface area contributed by atoms with Crippen molar-refractivity contribution >= 4 is 10.0 Å². The maximum Gasteiger partial charge on any atom is 0.240 e. The largest absolute Gasteiger partial charge is 0.316 e. The van der Waals surface area contributed by atoms with Crippen molar-refractivity contribution < 1.29 is 8.42 Å². The lowest BCUT2D eigenvalue weighted by molar-refractivity contribution is 0.579. The van der Waals surface area contributed by atoms with Crippen molar-refractivity contribution in [3.8, 4) is 0 Å². The van der Waals surface area contributed by atoms with Gasteiger partial charge in [-0.15, -0.1) is 0 Å². The Balaban J connectivity index is 2.12. The van der Waals surface area contributed by atoms with Crippen LogP contribution in [0.25, 0.3) is 0 Å². The Morgan fingerprint density at radius 1 is 1.15 bits per heavy atom. The first-order chi connectivity index (χ1) is 9.62. The van der Waals surface area contributed by atoms with Crippen LogP contribution in [0.15, 0.2) is 47.5 Å². The van der Waals surface area contributed by atoms with Crippen molar-refractivity contribution in [2.75, 3.05) is 7.05 Å². The van der Waals surface area contributed by atoms with Crippen LogP contribution >= 0.6 is 0 Å². The maximum atomic E-state index is 12.2. The van der Waals surface area contributed by atoms with Gasteiger partial charge in [0.2, 0.25) is 10.0 Å². The molecule has 0 aliphatic heterocycles. The second kappa shape index (κ2) is 6.56. The fourth-order valence-electron chi connectivity index (χ4n) is 1.71. The van der Waals surface area contributed by atoms with Gasteiger partial charge in [0.25, 0.3) is 0 Å². The molecule has 0 radical (unpaired) electrons. The molecule has 1 aromatic carbocycles. The third kappa shape index (κ3) is 3.83. The molecule has 1 heterocycles. The van der Waals surface area contributed by atoms with Gasteiger partial charge in [-0.05, 0) is 36.9 Å². The summed E-state index contributed by atoms with van der Waals surface area (Å²) in [6, 6.07) is 10.2. The van der Waals surface area contributed by atoms with Gasteiger partial charge in [0.1, 0.15) is 0 Å². The molecule has 0 bridgehead atoms. The predicted molar refractivity (Wildman–Crippen MR) is 75.3 cm³/mol. The Bertz CT molecular complexity index is 659. The molecule has 0 aliphatic carbocycles. The zero-order valence-corrected chi connectivity index (χ0v) is 11.9. The van der Waals surface area contributed by atoms with E-state index in [4.69, 9.17) is 0 Å². The third-order valence-electron chi connectivity index (χ3n) is 2.66. The molecule has 2 N–H and O–H groups in total. The number of hydrogen-bond acceptors (Lipinski definition) is 5. The summed E-state index contributed by atoms with van der Waals surface area (Å²) in [5, 5.41) is 10.5. The van der Waals surface area contributed by atoms with E-state index in [-0.39, 0.29) is 11.4 Å². The van der Waals surface area contributed by atoms with Crippen molar-refractivity contribution in [3.63, 3.8) is 0 Å². The molecule has 0 fully saturated rings. The van der Waals surface area contributed by atoms with E-state index in [1.54, 1.807) is 36.5 Å². The van der Waals surface area contributed by atoms with E-state index in [2.05, 4.69) is 20.2 Å². The zero-order chi connectivity index (χ0) is 14.4. The topological polar surface area (TPSA) is 84.0 Å². The Kier molecular flexibility index (Phi) is 4.78. The van der Waals surface area contributed by atoms with Gasteiger partial charge in [0.15, 0.2) is 0 Å². The van der Waals surface area contributed by atoms with Crippen molar-refractivity contribution in [1.82, 2.24) is 20.2 Å². The number of nitrogens with one attached hydrogen (secondary N) is 2. The highest BCUT2D eigenvalue weighted by atomic mass is 32.2. The number of hydrogen-bond donors (Lipinski definition) is 2. The normalized spacial score (nSPS) is 11.4. The molecule has 0 saturated heterocycles. The van der Waals surface area contributed by atoms with Crippen molar-refractivity contribution in [2.45, 2.75) is 18.0 Å². The van der Waals surface area contributed by atoms with E-state index >= 15 is 0 Å². The van der Waals surface area contributed by atoms with Crippen LogP contribution in [-0.2, 0) is 23.1 Å². The fraction of sp³-hybridized carbons (Fsp3) is 0.231. The van der Waals surface area contributed by atoms with Gasteiger partial charge in [0, 0.05) is 12.7 Å². The van der Waals surface area contributed by atoms with Gasteiger partial charge in [-0.1, -0.05) is 12.1 Å². The van der Waals surface area contributed by atoms with Crippen LogP contribution in [0, 0.1) is 0 Å². The second-order valence-corrected chi connectivity index (χ2v) is 5.98. The molecule has 2 rings (SSSR count). The SMILES string of the molecule is CNCc1cccc(S(=O)(=O)NCc2cccnn2)c1. The monoisotopic (exact) mass is 292 g/mol. The summed E-state index contributed by atoms with van der Waals surface area (Å²) in [6.07, 6.45) is 1.54. The van der Waals surface area contributed by atoms with E-state index < -0.39 is 10.0 Å². The van der Waals surface area contributed by atoms with Crippen LogP contribution in [0.3, 0.4) is 0 Å². The molecular formula is C13H16N4O2S. The summed E-state index contributed by atoms with van der Waals surface area (Å²) in [6.45, 7) is 0.736. The van der Waals surface area contributed by atoms with E-state index in [9.17, 15) is 8.42 Å². The molecule has 0 saturated carbocycles. The van der Waals surface area contributed by atoms with Crippen LogP contribution in [-0.4, -0.2) is 25.7 Å². The Morgan fingerprint density at radius 2 is 2.00 bits per heavy atom. The molecule has 0 aliphatic rings. The number of rotatable bonds is 6. The fourth-order valence-corrected chi connectivity index (χ4v) is 2.78. The van der Waals surface area contributed by atoms with Crippen molar-refractivity contribution in [3.05, 3.63) is 53.9 Å². The average molecular weight is 292 g/mol. The molecular weight excluding hydrogens is 276 g/mol. The summed E-state index contributed by atoms with van der Waals surface area (Å²) >= 11 is 0. The van der Waals surface area contributed by atoms with Gasteiger partial charge in [-0.2, -0.15) is 10.2 Å². The molecule has 2 aromatic rings. The standard InChI is InChI=1S/C13H16N4O2S/c1-14-9-11-4-2-6-13(8-11)20(18,19)16-10-12-5-3-7-15-17-12/h2-8,14,16H,9-10H2,1H3. The minimum atomic E-state index is -3.54. The maximum absolute atomic E-state index is 12.2. The molecule has 0 atom stereocenters. The minimum Gasteiger partial charge on any atom is -0.316 e. The number of aromatic nitrogens is 2. The molecule has 0 unspecified atom stereocenters. The lowest BCUT2D eigenvalue weighted by Crippen LogP contribution is -2.24. The Labute approximate surface area is 118 Å². The molecule has 0 spiro atoms. The van der Waals surface area contributed by atoms with Gasteiger partial charge in [0.05, 0.1) is 17.1 Å². The zero-order valence-electron chi connectivity index (χ0n) is 11.1. The van der Waals surface area contributed by atoms with Crippen LogP contribution in [0.2, 0.25) is 0 Å². The van der Waals surface area contributed by atoms with Gasteiger partial charge >= 0.3 is 0 Å². The van der Waals surface area contributed by atoms with Crippen LogP contribution < -0.4 is 10.0 Å². The molecule has 0 amide bonds. The number of nitrogens with zero attached hydrogens (tertiary/aromatic N) is 2. The summed E-state index contributed by atoms with van der Waals surface area (Å²) in [5.41, 5.74) is 1.48. The second-order valence-electron chi connectivity index (χ2n) is 4.22. The van der Waals surface area contributed by atoms with E-state index in [1.165, 1.54) is 0 Å². The lowest BCUT2D eigenvalue weighted by Gasteiger charge is -2.08. The summed E-state index contributed by atoms with van der Waals surface area (Å²) in [5.74, 6) is 0. The smallest absolute Gasteiger partial charge is 0.240 e.